The Morgan fingerprint density at radius 3 is 2.65 bits per heavy atom. The monoisotopic (exact) mass is 236 g/mol. The minimum absolute atomic E-state index is 0.00733. The number of hydrogen-bond donors (Lipinski definition) is 2. The van der Waals surface area contributed by atoms with Gasteiger partial charge in [0.05, 0.1) is 0 Å². The van der Waals surface area contributed by atoms with Gasteiger partial charge in [0.25, 0.3) is 0 Å². The standard InChI is InChI=1S/C14H24N2O/c1-4-6-12(7-5-2)14(17)16-13-8-9-15-10-11(13)3/h4-5,11-13,15H,1-2,6-10H2,3H3,(H,16,17). The number of carbonyl (C=O) groups is 1. The molecule has 17 heavy (non-hydrogen) atoms. The van der Waals surface area contributed by atoms with E-state index in [2.05, 4.69) is 30.7 Å². The van der Waals surface area contributed by atoms with Gasteiger partial charge in [-0.2, -0.15) is 0 Å². The molecule has 1 rings (SSSR count). The summed E-state index contributed by atoms with van der Waals surface area (Å²) in [5.41, 5.74) is 0. The molecule has 3 nitrogen and oxygen atoms in total. The fraction of sp³-hybridized carbons (Fsp3) is 0.643. The van der Waals surface area contributed by atoms with Gasteiger partial charge in [0, 0.05) is 12.0 Å². The average molecular weight is 236 g/mol. The van der Waals surface area contributed by atoms with Crippen LogP contribution in [-0.2, 0) is 4.79 Å². The minimum atomic E-state index is -0.00733. The SMILES string of the molecule is C=CCC(CC=C)C(=O)NC1CCNCC1C. The van der Waals surface area contributed by atoms with Crippen LogP contribution >= 0.6 is 0 Å². The molecular weight excluding hydrogens is 212 g/mol. The Hall–Kier alpha value is -1.09. The van der Waals surface area contributed by atoms with E-state index >= 15 is 0 Å². The van der Waals surface area contributed by atoms with Crippen molar-refractivity contribution in [3.63, 3.8) is 0 Å². The van der Waals surface area contributed by atoms with Gasteiger partial charge in [0.1, 0.15) is 0 Å². The van der Waals surface area contributed by atoms with Crippen LogP contribution in [0.25, 0.3) is 0 Å². The summed E-state index contributed by atoms with van der Waals surface area (Å²) in [6, 6.07) is 0.306. The van der Waals surface area contributed by atoms with Crippen molar-refractivity contribution in [3.05, 3.63) is 25.3 Å². The molecule has 0 bridgehead atoms. The maximum atomic E-state index is 12.1. The van der Waals surface area contributed by atoms with Crippen LogP contribution in [0.3, 0.4) is 0 Å². The molecule has 1 amide bonds. The molecule has 2 atom stereocenters. The zero-order valence-electron chi connectivity index (χ0n) is 10.7. The first kappa shape index (κ1) is 14.0. The lowest BCUT2D eigenvalue weighted by Gasteiger charge is -2.31. The number of nitrogens with one attached hydrogen (secondary N) is 2. The first-order valence-corrected chi connectivity index (χ1v) is 6.42. The lowest BCUT2D eigenvalue weighted by atomic mass is 9.93. The van der Waals surface area contributed by atoms with E-state index in [1.165, 1.54) is 0 Å². The molecule has 0 saturated carbocycles. The van der Waals surface area contributed by atoms with Crippen molar-refractivity contribution in [1.29, 1.82) is 0 Å². The highest BCUT2D eigenvalue weighted by Crippen LogP contribution is 2.14. The first-order chi connectivity index (χ1) is 8.19. The molecule has 0 aromatic heterocycles. The smallest absolute Gasteiger partial charge is 0.223 e. The van der Waals surface area contributed by atoms with Crippen molar-refractivity contribution < 1.29 is 4.79 Å². The molecule has 2 unspecified atom stereocenters. The Kier molecular flexibility index (Phi) is 5.98. The molecule has 96 valence electrons. The van der Waals surface area contributed by atoms with Crippen molar-refractivity contribution in [2.75, 3.05) is 13.1 Å². The van der Waals surface area contributed by atoms with Crippen molar-refractivity contribution in [2.45, 2.75) is 32.2 Å². The minimum Gasteiger partial charge on any atom is -0.353 e. The number of hydrogen-bond acceptors (Lipinski definition) is 2. The second kappa shape index (κ2) is 7.28. The second-order valence-electron chi connectivity index (χ2n) is 4.83. The van der Waals surface area contributed by atoms with Gasteiger partial charge in [-0.25, -0.2) is 0 Å². The third-order valence-corrected chi connectivity index (χ3v) is 3.39. The molecule has 1 aliphatic rings. The molecule has 2 N–H and O–H groups in total. The van der Waals surface area contributed by atoms with Gasteiger partial charge in [-0.1, -0.05) is 19.1 Å². The zero-order chi connectivity index (χ0) is 12.7. The molecule has 3 heteroatoms. The first-order valence-electron chi connectivity index (χ1n) is 6.42. The lowest BCUT2D eigenvalue weighted by Crippen LogP contribution is -2.49. The maximum absolute atomic E-state index is 12.1. The summed E-state index contributed by atoms with van der Waals surface area (Å²) in [5, 5.41) is 6.50. The van der Waals surface area contributed by atoms with Crippen LogP contribution < -0.4 is 10.6 Å². The van der Waals surface area contributed by atoms with Crippen LogP contribution in [0.5, 0.6) is 0 Å². The second-order valence-corrected chi connectivity index (χ2v) is 4.83. The Morgan fingerprint density at radius 1 is 1.47 bits per heavy atom. The molecule has 0 aromatic carbocycles. The lowest BCUT2D eigenvalue weighted by molar-refractivity contribution is -0.126. The number of piperidine rings is 1. The predicted molar refractivity (Wildman–Crippen MR) is 71.7 cm³/mol. The van der Waals surface area contributed by atoms with E-state index in [0.717, 1.165) is 32.4 Å². The Labute approximate surface area is 104 Å². The fourth-order valence-electron chi connectivity index (χ4n) is 2.24. The summed E-state index contributed by atoms with van der Waals surface area (Å²) >= 11 is 0. The molecule has 0 aliphatic carbocycles. The normalized spacial score (nSPS) is 24.4. The molecule has 1 heterocycles. The summed E-state index contributed by atoms with van der Waals surface area (Å²) in [6.45, 7) is 11.6. The van der Waals surface area contributed by atoms with Crippen LogP contribution in [0, 0.1) is 11.8 Å². The number of amides is 1. The number of rotatable bonds is 6. The van der Waals surface area contributed by atoms with Crippen molar-refractivity contribution in [2.24, 2.45) is 11.8 Å². The largest absolute Gasteiger partial charge is 0.353 e. The fourth-order valence-corrected chi connectivity index (χ4v) is 2.24. The average Bonchev–Trinajstić information content (AvgIpc) is 2.32. The summed E-state index contributed by atoms with van der Waals surface area (Å²) in [5.74, 6) is 0.636. The predicted octanol–water partition coefficient (Wildman–Crippen LogP) is 1.87. The zero-order valence-corrected chi connectivity index (χ0v) is 10.7. The van der Waals surface area contributed by atoms with E-state index in [1.807, 2.05) is 0 Å². The van der Waals surface area contributed by atoms with Gasteiger partial charge in [0.2, 0.25) is 5.91 Å². The highest BCUT2D eigenvalue weighted by Gasteiger charge is 2.25. The van der Waals surface area contributed by atoms with E-state index in [0.29, 0.717) is 12.0 Å². The molecule has 0 spiro atoms. The van der Waals surface area contributed by atoms with E-state index in [-0.39, 0.29) is 11.8 Å². The van der Waals surface area contributed by atoms with Gasteiger partial charge in [-0.3, -0.25) is 4.79 Å². The van der Waals surface area contributed by atoms with Crippen LogP contribution in [-0.4, -0.2) is 25.0 Å². The molecule has 1 fully saturated rings. The van der Waals surface area contributed by atoms with Gasteiger partial charge in [-0.05, 0) is 38.3 Å². The van der Waals surface area contributed by atoms with E-state index in [9.17, 15) is 4.79 Å². The number of carbonyl (C=O) groups excluding carboxylic acids is 1. The van der Waals surface area contributed by atoms with Crippen molar-refractivity contribution >= 4 is 5.91 Å². The van der Waals surface area contributed by atoms with Crippen LogP contribution in [0.2, 0.25) is 0 Å². The number of allylic oxidation sites excluding steroid dienone is 2. The van der Waals surface area contributed by atoms with Crippen LogP contribution in [0.15, 0.2) is 25.3 Å². The molecule has 0 aromatic rings. The van der Waals surface area contributed by atoms with E-state index in [1.54, 1.807) is 12.2 Å². The van der Waals surface area contributed by atoms with Crippen molar-refractivity contribution in [1.82, 2.24) is 10.6 Å². The third kappa shape index (κ3) is 4.35. The van der Waals surface area contributed by atoms with E-state index in [4.69, 9.17) is 0 Å². The van der Waals surface area contributed by atoms with Gasteiger partial charge in [-0.15, -0.1) is 13.2 Å². The Balaban J connectivity index is 2.49. The summed E-state index contributed by atoms with van der Waals surface area (Å²) in [4.78, 5) is 12.1. The van der Waals surface area contributed by atoms with Gasteiger partial charge >= 0.3 is 0 Å². The quantitative estimate of drug-likeness (QED) is 0.691. The van der Waals surface area contributed by atoms with Crippen LogP contribution in [0.4, 0.5) is 0 Å². The highest BCUT2D eigenvalue weighted by atomic mass is 16.1. The highest BCUT2D eigenvalue weighted by molar-refractivity contribution is 5.79. The summed E-state index contributed by atoms with van der Waals surface area (Å²) in [6.07, 6.45) is 6.06. The van der Waals surface area contributed by atoms with Gasteiger partial charge in [0.15, 0.2) is 0 Å². The Morgan fingerprint density at radius 2 is 2.12 bits per heavy atom. The topological polar surface area (TPSA) is 41.1 Å². The molecule has 1 aliphatic heterocycles. The van der Waals surface area contributed by atoms with Crippen molar-refractivity contribution in [3.8, 4) is 0 Å². The summed E-state index contributed by atoms with van der Waals surface area (Å²) in [7, 11) is 0. The molecule has 0 radical (unpaired) electrons. The maximum Gasteiger partial charge on any atom is 0.223 e. The summed E-state index contributed by atoms with van der Waals surface area (Å²) < 4.78 is 0. The Bertz CT molecular complexity index is 265. The molecular formula is C14H24N2O. The van der Waals surface area contributed by atoms with E-state index < -0.39 is 0 Å². The molecule has 1 saturated heterocycles. The third-order valence-electron chi connectivity index (χ3n) is 3.39. The van der Waals surface area contributed by atoms with Crippen LogP contribution in [0.1, 0.15) is 26.2 Å². The van der Waals surface area contributed by atoms with Gasteiger partial charge < -0.3 is 10.6 Å².